The van der Waals surface area contributed by atoms with Crippen LogP contribution in [0.25, 0.3) is 11.0 Å². The van der Waals surface area contributed by atoms with Gasteiger partial charge in [0.25, 0.3) is 5.91 Å². The van der Waals surface area contributed by atoms with Crippen molar-refractivity contribution in [1.82, 2.24) is 14.5 Å². The lowest BCUT2D eigenvalue weighted by Crippen LogP contribution is -2.34. The quantitative estimate of drug-likeness (QED) is 0.0323. The number of ether oxygens (including phenoxy) is 4. The number of imidazole rings is 1. The molecule has 2 aromatic carbocycles. The molecule has 2 amide bonds. The van der Waals surface area contributed by atoms with Crippen molar-refractivity contribution in [3.05, 3.63) is 83.8 Å². The molecular weight excluding hydrogens is 698 g/mol. The van der Waals surface area contributed by atoms with Gasteiger partial charge >= 0.3 is 24.0 Å². The maximum Gasteiger partial charge on any atom is 0.435 e. The lowest BCUT2D eigenvalue weighted by atomic mass is 10.1. The minimum absolute atomic E-state index is 0.0650. The number of anilines is 2. The van der Waals surface area contributed by atoms with Gasteiger partial charge in [0.15, 0.2) is 0 Å². The second-order valence-corrected chi connectivity index (χ2v) is 12.0. The van der Waals surface area contributed by atoms with Crippen molar-refractivity contribution in [3.63, 3.8) is 0 Å². The molecule has 0 aliphatic rings. The maximum atomic E-state index is 13.8. The van der Waals surface area contributed by atoms with Crippen LogP contribution in [-0.2, 0) is 46.9 Å². The first kappa shape index (κ1) is 40.5. The van der Waals surface area contributed by atoms with Gasteiger partial charge < -0.3 is 34.6 Å². The van der Waals surface area contributed by atoms with E-state index in [1.54, 1.807) is 48.5 Å². The molecule has 54 heavy (non-hydrogen) atoms. The lowest BCUT2D eigenvalue weighted by molar-refractivity contribution is -0.168. The molecule has 2 heterocycles. The number of hydrogen-bond acceptors (Lipinski definition) is 12. The molecule has 2 aromatic heterocycles. The van der Waals surface area contributed by atoms with Crippen LogP contribution < -0.4 is 16.0 Å². The number of unbranched alkanes of at least 4 members (excludes halogenated alkanes) is 3. The Kier molecular flexibility index (Phi) is 15.5. The zero-order chi connectivity index (χ0) is 38.9. The standard InChI is InChI=1S/C38H45N7O9/c1-4-5-6-9-22-52-38(50)43-36(39)26-11-14-28(15-12-26)41-24-32-42-29-23-27(13-16-30(29)44(32)2)37(49)45(31-10-7-8-20-40-31)21-19-35(48)54-25-53-34(47)18-17-33(46)51-3/h7-8,10-16,20,23,41H,4-6,9,17-19,21-22,24-25H2,1-3H3,(H2,39,43,50). The van der Waals surface area contributed by atoms with Gasteiger partial charge in [-0.15, -0.1) is 0 Å². The summed E-state index contributed by atoms with van der Waals surface area (Å²) >= 11 is 0. The number of aliphatic imine (C=N–C) groups is 1. The van der Waals surface area contributed by atoms with E-state index in [1.165, 1.54) is 18.2 Å². The number of hydrogen-bond donors (Lipinski definition) is 2. The summed E-state index contributed by atoms with van der Waals surface area (Å²) in [5.74, 6) is -1.31. The van der Waals surface area contributed by atoms with Crippen LogP contribution in [0.1, 0.15) is 73.6 Å². The second kappa shape index (κ2) is 20.7. The third kappa shape index (κ3) is 12.1. The van der Waals surface area contributed by atoms with Crippen LogP contribution in [0.2, 0.25) is 0 Å². The number of rotatable bonds is 19. The largest absolute Gasteiger partial charge is 0.469 e. The van der Waals surface area contributed by atoms with E-state index in [2.05, 4.69) is 27.0 Å². The first-order chi connectivity index (χ1) is 26.1. The molecule has 0 fully saturated rings. The number of amides is 2. The number of methoxy groups -OCH3 is 1. The van der Waals surface area contributed by atoms with Crippen LogP contribution in [0.4, 0.5) is 16.3 Å². The molecule has 4 aromatic rings. The van der Waals surface area contributed by atoms with Crippen LogP contribution in [0.15, 0.2) is 71.9 Å². The topological polar surface area (TPSA) is 207 Å². The molecule has 0 saturated carbocycles. The number of nitrogens with zero attached hydrogens (tertiary/aromatic N) is 5. The number of pyridine rings is 1. The van der Waals surface area contributed by atoms with E-state index in [0.717, 1.165) is 36.9 Å². The highest BCUT2D eigenvalue weighted by molar-refractivity contribution is 6.07. The molecule has 0 atom stereocenters. The number of fused-ring (bicyclic) bond motifs is 1. The summed E-state index contributed by atoms with van der Waals surface area (Å²) in [5.41, 5.74) is 9.11. The highest BCUT2D eigenvalue weighted by Crippen LogP contribution is 2.21. The molecule has 286 valence electrons. The fourth-order valence-corrected chi connectivity index (χ4v) is 5.17. The zero-order valence-corrected chi connectivity index (χ0v) is 30.6. The highest BCUT2D eigenvalue weighted by Gasteiger charge is 2.22. The van der Waals surface area contributed by atoms with E-state index >= 15 is 0 Å². The Labute approximate surface area is 312 Å². The molecule has 0 aliphatic carbocycles. The van der Waals surface area contributed by atoms with Crippen LogP contribution >= 0.6 is 0 Å². The van der Waals surface area contributed by atoms with Gasteiger partial charge in [-0.2, -0.15) is 4.99 Å². The van der Waals surface area contributed by atoms with E-state index in [9.17, 15) is 24.0 Å². The summed E-state index contributed by atoms with van der Waals surface area (Å²) in [5, 5.41) is 3.32. The number of nitrogens with two attached hydrogens (primary N) is 1. The molecule has 3 N–H and O–H groups in total. The van der Waals surface area contributed by atoms with E-state index in [0.29, 0.717) is 41.4 Å². The molecule has 4 rings (SSSR count). The minimum Gasteiger partial charge on any atom is -0.469 e. The number of aromatic nitrogens is 3. The molecule has 0 saturated heterocycles. The predicted octanol–water partition coefficient (Wildman–Crippen LogP) is 5.04. The summed E-state index contributed by atoms with van der Waals surface area (Å²) in [6, 6.07) is 17.4. The van der Waals surface area contributed by atoms with Crippen LogP contribution in [0, 0.1) is 0 Å². The van der Waals surface area contributed by atoms with E-state index in [-0.39, 0.29) is 31.6 Å². The van der Waals surface area contributed by atoms with Gasteiger partial charge in [-0.25, -0.2) is 14.8 Å². The van der Waals surface area contributed by atoms with Gasteiger partial charge in [-0.05, 0) is 61.0 Å². The highest BCUT2D eigenvalue weighted by atomic mass is 16.7. The summed E-state index contributed by atoms with van der Waals surface area (Å²) in [6.45, 7) is 2.09. The Hall–Kier alpha value is -6.32. The third-order valence-electron chi connectivity index (χ3n) is 8.20. The van der Waals surface area contributed by atoms with Crippen LogP contribution in [0.5, 0.6) is 0 Å². The van der Waals surface area contributed by atoms with Crippen molar-refractivity contribution < 1.29 is 42.9 Å². The second-order valence-electron chi connectivity index (χ2n) is 12.0. The van der Waals surface area contributed by atoms with Crippen molar-refractivity contribution in [2.45, 2.75) is 58.4 Å². The van der Waals surface area contributed by atoms with Gasteiger partial charge in [0.2, 0.25) is 6.79 Å². The molecule has 16 heteroatoms. The smallest absolute Gasteiger partial charge is 0.435 e. The van der Waals surface area contributed by atoms with Crippen LogP contribution in [-0.4, -0.2) is 77.3 Å². The molecular formula is C38H45N7O9. The normalized spacial score (nSPS) is 11.1. The van der Waals surface area contributed by atoms with Gasteiger partial charge in [0.05, 0.1) is 50.6 Å². The van der Waals surface area contributed by atoms with Crippen molar-refractivity contribution in [2.24, 2.45) is 17.8 Å². The first-order valence-electron chi connectivity index (χ1n) is 17.5. The summed E-state index contributed by atoms with van der Waals surface area (Å²) < 4.78 is 21.4. The Bertz CT molecular complexity index is 1930. The van der Waals surface area contributed by atoms with Crippen molar-refractivity contribution in [3.8, 4) is 0 Å². The number of amidine groups is 1. The van der Waals surface area contributed by atoms with Gasteiger partial charge in [-0.1, -0.05) is 32.3 Å². The Morgan fingerprint density at radius 1 is 0.870 bits per heavy atom. The third-order valence-corrected chi connectivity index (χ3v) is 8.20. The Morgan fingerprint density at radius 2 is 1.59 bits per heavy atom. The average Bonchev–Trinajstić information content (AvgIpc) is 3.50. The molecule has 0 spiro atoms. The zero-order valence-electron chi connectivity index (χ0n) is 30.6. The fourth-order valence-electron chi connectivity index (χ4n) is 5.17. The monoisotopic (exact) mass is 743 g/mol. The summed E-state index contributed by atoms with van der Waals surface area (Å²) in [7, 11) is 3.08. The van der Waals surface area contributed by atoms with Crippen LogP contribution in [0.3, 0.4) is 0 Å². The Morgan fingerprint density at radius 3 is 2.30 bits per heavy atom. The van der Waals surface area contributed by atoms with Crippen molar-refractivity contribution in [1.29, 1.82) is 0 Å². The van der Waals surface area contributed by atoms with Gasteiger partial charge in [0, 0.05) is 36.6 Å². The number of nitrogens with one attached hydrogen (secondary N) is 1. The predicted molar refractivity (Wildman–Crippen MR) is 200 cm³/mol. The SMILES string of the molecule is CCCCCCOC(=O)N=C(N)c1ccc(NCc2nc3cc(C(=O)N(CCC(=O)OCOC(=O)CCC(=O)OC)c4ccccn4)ccc3n2C)cc1. The minimum atomic E-state index is -0.725. The molecule has 0 bridgehead atoms. The first-order valence-corrected chi connectivity index (χ1v) is 17.5. The molecule has 0 radical (unpaired) electrons. The van der Waals surface area contributed by atoms with E-state index < -0.39 is 36.7 Å². The number of carbonyl (C=O) groups excluding carboxylic acids is 5. The summed E-state index contributed by atoms with van der Waals surface area (Å²) in [6.07, 6.45) is 4.20. The number of esters is 3. The number of aryl methyl sites for hydroxylation is 1. The van der Waals surface area contributed by atoms with Crippen molar-refractivity contribution in [2.75, 3.05) is 37.3 Å². The van der Waals surface area contributed by atoms with Gasteiger partial charge in [-0.3, -0.25) is 24.1 Å². The molecule has 16 nitrogen and oxygen atoms in total. The summed E-state index contributed by atoms with van der Waals surface area (Å²) in [4.78, 5) is 75.5. The van der Waals surface area contributed by atoms with E-state index in [1.807, 2.05) is 23.7 Å². The Balaban J connectivity index is 1.35. The average molecular weight is 744 g/mol. The number of carbonyl (C=O) groups is 5. The molecule has 0 unspecified atom stereocenters. The lowest BCUT2D eigenvalue weighted by Gasteiger charge is -2.21. The van der Waals surface area contributed by atoms with E-state index in [4.69, 9.17) is 24.9 Å². The van der Waals surface area contributed by atoms with Crippen molar-refractivity contribution >= 4 is 58.3 Å². The number of benzene rings is 2. The fraction of sp³-hybridized carbons (Fsp3) is 0.368. The molecule has 0 aliphatic heterocycles. The van der Waals surface area contributed by atoms with Gasteiger partial charge in [0.1, 0.15) is 17.5 Å². The maximum absolute atomic E-state index is 13.8.